The molecule has 0 bridgehead atoms. The predicted octanol–water partition coefficient (Wildman–Crippen LogP) is 2.09. The number of urea groups is 1. The van der Waals surface area contributed by atoms with E-state index in [9.17, 15) is 22.8 Å². The maximum Gasteiger partial charge on any atom is 0.406 e. The van der Waals surface area contributed by atoms with Crippen LogP contribution in [-0.2, 0) is 6.54 Å². The largest absolute Gasteiger partial charge is 0.478 e. The van der Waals surface area contributed by atoms with E-state index in [-0.39, 0.29) is 12.1 Å². The molecule has 110 valence electrons. The Kier molecular flexibility index (Phi) is 4.95. The highest BCUT2D eigenvalue weighted by Gasteiger charge is 2.31. The molecule has 0 aliphatic carbocycles. The van der Waals surface area contributed by atoms with E-state index < -0.39 is 24.7 Å². The summed E-state index contributed by atoms with van der Waals surface area (Å²) in [7, 11) is 1.02. The summed E-state index contributed by atoms with van der Waals surface area (Å²) in [5, 5.41) is 11.1. The Bertz CT molecular complexity index is 503. The number of rotatable bonds is 4. The van der Waals surface area contributed by atoms with Crippen LogP contribution in [0.15, 0.2) is 24.3 Å². The molecular formula is C12H13F3N2O3. The summed E-state index contributed by atoms with van der Waals surface area (Å²) < 4.78 is 36.3. The third-order valence-corrected chi connectivity index (χ3v) is 2.38. The maximum absolute atomic E-state index is 12.1. The molecule has 8 heteroatoms. The van der Waals surface area contributed by atoms with Crippen LogP contribution in [0.5, 0.6) is 0 Å². The Morgan fingerprint density at radius 1 is 1.35 bits per heavy atom. The van der Waals surface area contributed by atoms with Gasteiger partial charge in [0, 0.05) is 13.6 Å². The minimum absolute atomic E-state index is 0.0420. The lowest BCUT2D eigenvalue weighted by atomic mass is 10.1. The van der Waals surface area contributed by atoms with Crippen LogP contribution >= 0.6 is 0 Å². The third kappa shape index (κ3) is 5.17. The van der Waals surface area contributed by atoms with Gasteiger partial charge in [-0.05, 0) is 17.7 Å². The van der Waals surface area contributed by atoms with Gasteiger partial charge in [-0.2, -0.15) is 13.2 Å². The van der Waals surface area contributed by atoms with Crippen molar-refractivity contribution in [1.82, 2.24) is 10.2 Å². The summed E-state index contributed by atoms with van der Waals surface area (Å²) in [6, 6.07) is 4.89. The Balaban J connectivity index is 2.57. The van der Waals surface area contributed by atoms with Crippen LogP contribution in [-0.4, -0.2) is 41.8 Å². The summed E-state index contributed by atoms with van der Waals surface area (Å²) in [5.74, 6) is -1.12. The first kappa shape index (κ1) is 15.8. The Morgan fingerprint density at radius 3 is 2.55 bits per heavy atom. The molecule has 0 saturated heterocycles. The predicted molar refractivity (Wildman–Crippen MR) is 64.3 cm³/mol. The van der Waals surface area contributed by atoms with Gasteiger partial charge in [-0.3, -0.25) is 0 Å². The van der Waals surface area contributed by atoms with Crippen molar-refractivity contribution in [3.63, 3.8) is 0 Å². The topological polar surface area (TPSA) is 69.6 Å². The number of benzene rings is 1. The SMILES string of the molecule is CN(CC(F)(F)F)C(=O)NCc1cccc(C(=O)O)c1. The van der Waals surface area contributed by atoms with Gasteiger partial charge in [0.1, 0.15) is 6.54 Å². The van der Waals surface area contributed by atoms with Crippen LogP contribution in [0.1, 0.15) is 15.9 Å². The molecule has 0 unspecified atom stereocenters. The zero-order valence-corrected chi connectivity index (χ0v) is 10.6. The number of aromatic carboxylic acids is 1. The van der Waals surface area contributed by atoms with E-state index >= 15 is 0 Å². The molecule has 5 nitrogen and oxygen atoms in total. The lowest BCUT2D eigenvalue weighted by Gasteiger charge is -2.19. The van der Waals surface area contributed by atoms with E-state index in [1.54, 1.807) is 6.07 Å². The van der Waals surface area contributed by atoms with Crippen LogP contribution in [0, 0.1) is 0 Å². The molecule has 0 saturated carbocycles. The summed E-state index contributed by atoms with van der Waals surface area (Å²) in [4.78, 5) is 22.6. The average Bonchev–Trinajstić information content (AvgIpc) is 2.34. The van der Waals surface area contributed by atoms with E-state index in [4.69, 9.17) is 5.11 Å². The first-order chi connectivity index (χ1) is 9.19. The number of amides is 2. The monoisotopic (exact) mass is 290 g/mol. The van der Waals surface area contributed by atoms with Crippen LogP contribution in [0.25, 0.3) is 0 Å². The van der Waals surface area contributed by atoms with Gasteiger partial charge in [-0.25, -0.2) is 9.59 Å². The molecule has 0 radical (unpaired) electrons. The van der Waals surface area contributed by atoms with Gasteiger partial charge in [-0.1, -0.05) is 12.1 Å². The molecular weight excluding hydrogens is 277 g/mol. The molecule has 0 aromatic heterocycles. The van der Waals surface area contributed by atoms with Crippen molar-refractivity contribution in [1.29, 1.82) is 0 Å². The standard InChI is InChI=1S/C12H13F3N2O3/c1-17(7-12(13,14)15)11(20)16-6-8-3-2-4-9(5-8)10(18)19/h2-5H,6-7H2,1H3,(H,16,20)(H,18,19). The number of alkyl halides is 3. The molecule has 0 spiro atoms. The molecule has 0 aliphatic rings. The lowest BCUT2D eigenvalue weighted by molar-refractivity contribution is -0.137. The number of carboxylic acid groups (broad SMARTS) is 1. The van der Waals surface area contributed by atoms with Crippen molar-refractivity contribution in [3.8, 4) is 0 Å². The van der Waals surface area contributed by atoms with Crippen molar-refractivity contribution in [3.05, 3.63) is 35.4 Å². The number of carbonyl (C=O) groups is 2. The molecule has 2 amide bonds. The first-order valence-electron chi connectivity index (χ1n) is 5.57. The highest BCUT2D eigenvalue weighted by molar-refractivity contribution is 5.87. The second-order valence-corrected chi connectivity index (χ2v) is 4.14. The van der Waals surface area contributed by atoms with Crippen molar-refractivity contribution in [2.45, 2.75) is 12.7 Å². The number of hydrogen-bond donors (Lipinski definition) is 2. The van der Waals surface area contributed by atoms with Gasteiger partial charge in [0.15, 0.2) is 0 Å². The zero-order valence-electron chi connectivity index (χ0n) is 10.6. The van der Waals surface area contributed by atoms with E-state index in [0.29, 0.717) is 10.5 Å². The molecule has 1 aromatic carbocycles. The number of halogens is 3. The van der Waals surface area contributed by atoms with Crippen LogP contribution in [0.2, 0.25) is 0 Å². The van der Waals surface area contributed by atoms with Gasteiger partial charge < -0.3 is 15.3 Å². The molecule has 20 heavy (non-hydrogen) atoms. The second-order valence-electron chi connectivity index (χ2n) is 4.14. The van der Waals surface area contributed by atoms with Gasteiger partial charge in [-0.15, -0.1) is 0 Å². The summed E-state index contributed by atoms with van der Waals surface area (Å²) in [6.07, 6.45) is -4.46. The molecule has 0 aliphatic heterocycles. The Hall–Kier alpha value is -2.25. The van der Waals surface area contributed by atoms with Crippen molar-refractivity contribution in [2.75, 3.05) is 13.6 Å². The van der Waals surface area contributed by atoms with Crippen LogP contribution in [0.3, 0.4) is 0 Å². The quantitative estimate of drug-likeness (QED) is 0.892. The first-order valence-corrected chi connectivity index (χ1v) is 5.57. The zero-order chi connectivity index (χ0) is 15.3. The highest BCUT2D eigenvalue weighted by atomic mass is 19.4. The second kappa shape index (κ2) is 6.27. The molecule has 1 aromatic rings. The number of nitrogens with one attached hydrogen (secondary N) is 1. The molecule has 0 atom stereocenters. The fraction of sp³-hybridized carbons (Fsp3) is 0.333. The number of nitrogens with zero attached hydrogens (tertiary/aromatic N) is 1. The van der Waals surface area contributed by atoms with E-state index in [1.807, 2.05) is 0 Å². The fourth-order valence-corrected chi connectivity index (χ4v) is 1.47. The fourth-order valence-electron chi connectivity index (χ4n) is 1.47. The van der Waals surface area contributed by atoms with E-state index in [0.717, 1.165) is 7.05 Å². The summed E-state index contributed by atoms with van der Waals surface area (Å²) in [5.41, 5.74) is 0.527. The van der Waals surface area contributed by atoms with Gasteiger partial charge in [0.25, 0.3) is 0 Å². The average molecular weight is 290 g/mol. The van der Waals surface area contributed by atoms with E-state index in [2.05, 4.69) is 5.32 Å². The number of carbonyl (C=O) groups excluding carboxylic acids is 1. The number of carboxylic acids is 1. The minimum atomic E-state index is -4.46. The van der Waals surface area contributed by atoms with Gasteiger partial charge in [0.2, 0.25) is 0 Å². The normalized spacial score (nSPS) is 11.0. The highest BCUT2D eigenvalue weighted by Crippen LogP contribution is 2.15. The van der Waals surface area contributed by atoms with Crippen LogP contribution < -0.4 is 5.32 Å². The van der Waals surface area contributed by atoms with Crippen LogP contribution in [0.4, 0.5) is 18.0 Å². The van der Waals surface area contributed by atoms with Crippen molar-refractivity contribution < 1.29 is 27.9 Å². The lowest BCUT2D eigenvalue weighted by Crippen LogP contribution is -2.42. The minimum Gasteiger partial charge on any atom is -0.478 e. The smallest absolute Gasteiger partial charge is 0.406 e. The summed E-state index contributed by atoms with van der Waals surface area (Å²) in [6.45, 7) is -1.41. The molecule has 2 N–H and O–H groups in total. The van der Waals surface area contributed by atoms with Crippen molar-refractivity contribution in [2.24, 2.45) is 0 Å². The van der Waals surface area contributed by atoms with Gasteiger partial charge in [0.05, 0.1) is 5.56 Å². The van der Waals surface area contributed by atoms with Crippen molar-refractivity contribution >= 4 is 12.0 Å². The molecule has 1 rings (SSSR count). The molecule has 0 fully saturated rings. The Morgan fingerprint density at radius 2 is 2.00 bits per heavy atom. The third-order valence-electron chi connectivity index (χ3n) is 2.38. The molecule has 0 heterocycles. The Labute approximate surface area is 113 Å². The summed E-state index contributed by atoms with van der Waals surface area (Å²) >= 11 is 0. The maximum atomic E-state index is 12.1. The van der Waals surface area contributed by atoms with E-state index in [1.165, 1.54) is 18.2 Å². The van der Waals surface area contributed by atoms with Gasteiger partial charge >= 0.3 is 18.2 Å². The number of hydrogen-bond acceptors (Lipinski definition) is 2.